The molecule has 7 heteroatoms. The van der Waals surface area contributed by atoms with E-state index in [4.69, 9.17) is 9.15 Å². The number of morpholine rings is 1. The summed E-state index contributed by atoms with van der Waals surface area (Å²) in [5.41, 5.74) is 2.32. The lowest BCUT2D eigenvalue weighted by atomic mass is 10.2. The van der Waals surface area contributed by atoms with Gasteiger partial charge in [-0.1, -0.05) is 18.2 Å². The topological polar surface area (TPSA) is 68.7 Å². The van der Waals surface area contributed by atoms with Crippen LogP contribution in [0.25, 0.3) is 27.6 Å². The van der Waals surface area contributed by atoms with Gasteiger partial charge in [0.15, 0.2) is 17.0 Å². The first-order valence-corrected chi connectivity index (χ1v) is 7.26. The van der Waals surface area contributed by atoms with Crippen LogP contribution < -0.4 is 4.90 Å². The van der Waals surface area contributed by atoms with Crippen LogP contribution in [0, 0.1) is 0 Å². The van der Waals surface area contributed by atoms with E-state index in [2.05, 4.69) is 20.2 Å². The van der Waals surface area contributed by atoms with Crippen LogP contribution in [0.2, 0.25) is 0 Å². The van der Waals surface area contributed by atoms with Crippen LogP contribution in [0.3, 0.4) is 0 Å². The lowest BCUT2D eigenvalue weighted by molar-refractivity contribution is 0.122. The highest BCUT2D eigenvalue weighted by atomic mass is 16.5. The van der Waals surface area contributed by atoms with Gasteiger partial charge in [-0.25, -0.2) is 0 Å². The third-order valence-corrected chi connectivity index (χ3v) is 4.07. The fourth-order valence-electron chi connectivity index (χ4n) is 3.02. The largest absolute Gasteiger partial charge is 0.452 e. The highest BCUT2D eigenvalue weighted by Crippen LogP contribution is 2.35. The van der Waals surface area contributed by atoms with Crippen LogP contribution in [0.15, 0.2) is 35.0 Å². The Morgan fingerprint density at radius 2 is 1.95 bits per heavy atom. The van der Waals surface area contributed by atoms with Crippen molar-refractivity contribution in [3.8, 4) is 0 Å². The van der Waals surface area contributed by atoms with E-state index in [9.17, 15) is 0 Å². The molecule has 1 fully saturated rings. The second kappa shape index (κ2) is 4.41. The Bertz CT molecular complexity index is 984. The lowest BCUT2D eigenvalue weighted by Gasteiger charge is -2.27. The minimum absolute atomic E-state index is 0.698. The molecule has 0 amide bonds. The van der Waals surface area contributed by atoms with Gasteiger partial charge in [0, 0.05) is 18.5 Å². The maximum atomic E-state index is 6.09. The molecule has 1 aliphatic rings. The molecule has 0 unspecified atom stereocenters. The van der Waals surface area contributed by atoms with E-state index in [1.807, 2.05) is 24.3 Å². The zero-order valence-electron chi connectivity index (χ0n) is 11.8. The maximum absolute atomic E-state index is 6.09. The lowest BCUT2D eigenvalue weighted by Crippen LogP contribution is -2.37. The third kappa shape index (κ3) is 1.57. The minimum Gasteiger partial charge on any atom is -0.452 e. The first-order valence-electron chi connectivity index (χ1n) is 7.26. The van der Waals surface area contributed by atoms with E-state index in [1.165, 1.54) is 0 Å². The van der Waals surface area contributed by atoms with Gasteiger partial charge in [-0.2, -0.15) is 4.52 Å². The molecule has 0 N–H and O–H groups in total. The summed E-state index contributed by atoms with van der Waals surface area (Å²) >= 11 is 0. The monoisotopic (exact) mass is 295 g/mol. The summed E-state index contributed by atoms with van der Waals surface area (Å²) in [7, 11) is 0. The van der Waals surface area contributed by atoms with Crippen molar-refractivity contribution in [3.05, 3.63) is 30.6 Å². The van der Waals surface area contributed by atoms with Crippen LogP contribution in [0.4, 0.5) is 5.82 Å². The van der Waals surface area contributed by atoms with Gasteiger partial charge in [0.2, 0.25) is 0 Å². The Balaban J connectivity index is 1.91. The molecule has 22 heavy (non-hydrogen) atoms. The number of benzene rings is 1. The van der Waals surface area contributed by atoms with Crippen LogP contribution in [-0.2, 0) is 4.74 Å². The summed E-state index contributed by atoms with van der Waals surface area (Å²) in [5.74, 6) is 0.821. The zero-order chi connectivity index (χ0) is 14.5. The van der Waals surface area contributed by atoms with Crippen LogP contribution in [0.5, 0.6) is 0 Å². The molecule has 0 spiro atoms. The van der Waals surface area contributed by atoms with Crippen LogP contribution in [0.1, 0.15) is 0 Å². The second-order valence-electron chi connectivity index (χ2n) is 5.32. The smallest absolute Gasteiger partial charge is 0.193 e. The van der Waals surface area contributed by atoms with Crippen molar-refractivity contribution in [2.24, 2.45) is 0 Å². The Labute approximate surface area is 125 Å². The SMILES string of the molecule is c1ccc2c(c1)oc1c(N3CCOCC3)nn3cnnc3c12. The molecule has 4 aromatic rings. The molecule has 0 aliphatic carbocycles. The predicted molar refractivity (Wildman–Crippen MR) is 81.1 cm³/mol. The standard InChI is InChI=1S/C15H13N5O2/c1-2-4-11-10(3-1)12-13(22-11)15(19-5-7-21-8-6-19)18-20-9-16-17-14(12)20/h1-4,9H,5-8H2. The molecule has 110 valence electrons. The number of para-hydroxylation sites is 1. The van der Waals surface area contributed by atoms with Gasteiger partial charge in [-0.15, -0.1) is 15.3 Å². The highest BCUT2D eigenvalue weighted by Gasteiger charge is 2.22. The molecule has 0 saturated carbocycles. The molecular formula is C15H13N5O2. The maximum Gasteiger partial charge on any atom is 0.193 e. The second-order valence-corrected chi connectivity index (χ2v) is 5.32. The van der Waals surface area contributed by atoms with Crippen LogP contribution in [-0.4, -0.2) is 46.1 Å². The van der Waals surface area contributed by atoms with Crippen molar-refractivity contribution in [2.75, 3.05) is 31.2 Å². The number of rotatable bonds is 1. The first-order chi connectivity index (χ1) is 10.9. The van der Waals surface area contributed by atoms with Crippen LogP contribution >= 0.6 is 0 Å². The van der Waals surface area contributed by atoms with Crippen molar-refractivity contribution in [2.45, 2.75) is 0 Å². The number of hydrogen-bond donors (Lipinski definition) is 0. The van der Waals surface area contributed by atoms with Gasteiger partial charge >= 0.3 is 0 Å². The van der Waals surface area contributed by atoms with Gasteiger partial charge in [-0.3, -0.25) is 0 Å². The predicted octanol–water partition coefficient (Wildman–Crippen LogP) is 1.86. The molecule has 5 rings (SSSR count). The highest BCUT2D eigenvalue weighted by molar-refractivity contribution is 6.14. The summed E-state index contributed by atoms with van der Waals surface area (Å²) in [6.07, 6.45) is 1.63. The van der Waals surface area contributed by atoms with Crippen molar-refractivity contribution in [1.29, 1.82) is 0 Å². The molecule has 0 bridgehead atoms. The number of fused-ring (bicyclic) bond motifs is 5. The summed E-state index contributed by atoms with van der Waals surface area (Å²) in [4.78, 5) is 2.19. The zero-order valence-corrected chi connectivity index (χ0v) is 11.8. The average molecular weight is 295 g/mol. The minimum atomic E-state index is 0.698. The Morgan fingerprint density at radius 1 is 1.09 bits per heavy atom. The van der Waals surface area contributed by atoms with Crippen molar-refractivity contribution in [1.82, 2.24) is 19.8 Å². The van der Waals surface area contributed by atoms with Gasteiger partial charge in [0.1, 0.15) is 11.9 Å². The molecule has 0 atom stereocenters. The number of ether oxygens (including phenoxy) is 1. The number of nitrogens with zero attached hydrogens (tertiary/aromatic N) is 5. The van der Waals surface area contributed by atoms with E-state index in [1.54, 1.807) is 10.8 Å². The molecular weight excluding hydrogens is 282 g/mol. The summed E-state index contributed by atoms with van der Waals surface area (Å²) < 4.78 is 13.2. The quantitative estimate of drug-likeness (QED) is 0.534. The number of aromatic nitrogens is 4. The fraction of sp³-hybridized carbons (Fsp3) is 0.267. The van der Waals surface area contributed by atoms with E-state index < -0.39 is 0 Å². The van der Waals surface area contributed by atoms with Crippen molar-refractivity contribution < 1.29 is 9.15 Å². The molecule has 0 radical (unpaired) electrons. The molecule has 1 aliphatic heterocycles. The summed E-state index contributed by atoms with van der Waals surface area (Å²) in [6, 6.07) is 7.97. The van der Waals surface area contributed by atoms with Gasteiger partial charge in [-0.05, 0) is 6.07 Å². The molecule has 7 nitrogen and oxygen atoms in total. The first kappa shape index (κ1) is 11.9. The van der Waals surface area contributed by atoms with E-state index in [-0.39, 0.29) is 0 Å². The number of anilines is 1. The average Bonchev–Trinajstić information content (AvgIpc) is 3.18. The fourth-order valence-corrected chi connectivity index (χ4v) is 3.02. The Kier molecular flexibility index (Phi) is 2.39. The number of hydrogen-bond acceptors (Lipinski definition) is 6. The third-order valence-electron chi connectivity index (χ3n) is 4.07. The Morgan fingerprint density at radius 3 is 2.86 bits per heavy atom. The molecule has 1 saturated heterocycles. The Hall–Kier alpha value is -2.67. The molecule has 3 aromatic heterocycles. The van der Waals surface area contributed by atoms with E-state index >= 15 is 0 Å². The van der Waals surface area contributed by atoms with Gasteiger partial charge in [0.05, 0.1) is 18.6 Å². The molecule has 1 aromatic carbocycles. The summed E-state index contributed by atoms with van der Waals surface area (Å²) in [6.45, 7) is 2.99. The van der Waals surface area contributed by atoms with Gasteiger partial charge < -0.3 is 14.1 Å². The van der Waals surface area contributed by atoms with Crippen molar-refractivity contribution >= 4 is 33.4 Å². The summed E-state index contributed by atoms with van der Waals surface area (Å²) in [5, 5.41) is 14.8. The number of furan rings is 1. The van der Waals surface area contributed by atoms with E-state index in [0.717, 1.165) is 46.5 Å². The van der Waals surface area contributed by atoms with E-state index in [0.29, 0.717) is 13.2 Å². The van der Waals surface area contributed by atoms with Gasteiger partial charge in [0.25, 0.3) is 0 Å². The normalized spacial score (nSPS) is 16.1. The molecule has 4 heterocycles. The van der Waals surface area contributed by atoms with Crippen molar-refractivity contribution in [3.63, 3.8) is 0 Å².